The van der Waals surface area contributed by atoms with Crippen LogP contribution in [0.2, 0.25) is 5.02 Å². The van der Waals surface area contributed by atoms with E-state index in [1.807, 2.05) is 0 Å². The molecule has 1 heterocycles. The average Bonchev–Trinajstić information content (AvgIpc) is 2.91. The minimum absolute atomic E-state index is 0.0851. The lowest BCUT2D eigenvalue weighted by Gasteiger charge is -2.13. The maximum atomic E-state index is 12.4. The fourth-order valence-electron chi connectivity index (χ4n) is 2.70. The van der Waals surface area contributed by atoms with Crippen LogP contribution in [-0.4, -0.2) is 47.2 Å². The van der Waals surface area contributed by atoms with Gasteiger partial charge in [-0.05, 0) is 30.3 Å². The largest absolute Gasteiger partial charge is 0.492 e. The van der Waals surface area contributed by atoms with Crippen LogP contribution in [0, 0.1) is 10.1 Å². The summed E-state index contributed by atoms with van der Waals surface area (Å²) in [6.07, 6.45) is 0. The third-order valence-corrected chi connectivity index (χ3v) is 4.23. The Hall–Kier alpha value is -3.46. The summed E-state index contributed by atoms with van der Waals surface area (Å²) in [4.78, 5) is 47.8. The van der Waals surface area contributed by atoms with Crippen molar-refractivity contribution in [3.8, 4) is 5.75 Å². The molecule has 3 amide bonds. The molecule has 28 heavy (non-hydrogen) atoms. The number of fused-ring (bicyclic) bond motifs is 1. The Kier molecular flexibility index (Phi) is 5.55. The van der Waals surface area contributed by atoms with Gasteiger partial charge in [-0.3, -0.25) is 29.4 Å². The van der Waals surface area contributed by atoms with Crippen LogP contribution in [0.4, 0.5) is 5.69 Å². The zero-order chi connectivity index (χ0) is 20.3. The molecule has 0 saturated carbocycles. The first-order valence-corrected chi connectivity index (χ1v) is 8.55. The minimum atomic E-state index is -0.861. The van der Waals surface area contributed by atoms with E-state index in [1.165, 1.54) is 12.1 Å². The van der Waals surface area contributed by atoms with Crippen molar-refractivity contribution < 1.29 is 24.0 Å². The summed E-state index contributed by atoms with van der Waals surface area (Å²) in [5, 5.41) is 14.2. The molecule has 1 aliphatic heterocycles. The van der Waals surface area contributed by atoms with E-state index in [-0.39, 0.29) is 24.3 Å². The van der Waals surface area contributed by atoms with Gasteiger partial charge in [0.25, 0.3) is 17.5 Å². The van der Waals surface area contributed by atoms with Gasteiger partial charge in [0.15, 0.2) is 0 Å². The molecule has 144 valence electrons. The van der Waals surface area contributed by atoms with Crippen LogP contribution in [0.1, 0.15) is 20.7 Å². The molecule has 1 N–H and O–H groups in total. The molecule has 9 nitrogen and oxygen atoms in total. The summed E-state index contributed by atoms with van der Waals surface area (Å²) in [5.74, 6) is -1.61. The summed E-state index contributed by atoms with van der Waals surface area (Å²) >= 11 is 5.77. The zero-order valence-corrected chi connectivity index (χ0v) is 15.1. The van der Waals surface area contributed by atoms with Gasteiger partial charge in [0.2, 0.25) is 5.91 Å². The second-order valence-electron chi connectivity index (χ2n) is 5.81. The number of imide groups is 1. The summed E-state index contributed by atoms with van der Waals surface area (Å²) < 4.78 is 5.42. The Balaban J connectivity index is 1.55. The van der Waals surface area contributed by atoms with E-state index in [9.17, 15) is 24.5 Å². The van der Waals surface area contributed by atoms with E-state index < -0.39 is 34.9 Å². The summed E-state index contributed by atoms with van der Waals surface area (Å²) in [6, 6.07) is 10.5. The third kappa shape index (κ3) is 3.94. The Labute approximate surface area is 164 Å². The molecule has 0 spiro atoms. The maximum absolute atomic E-state index is 12.4. The highest BCUT2D eigenvalue weighted by Crippen LogP contribution is 2.30. The van der Waals surface area contributed by atoms with Crippen LogP contribution in [0.3, 0.4) is 0 Å². The molecule has 0 unspecified atom stereocenters. The van der Waals surface area contributed by atoms with E-state index in [2.05, 4.69) is 5.32 Å². The third-order valence-electron chi connectivity index (χ3n) is 3.98. The van der Waals surface area contributed by atoms with Gasteiger partial charge in [-0.2, -0.15) is 0 Å². The first-order valence-electron chi connectivity index (χ1n) is 8.17. The van der Waals surface area contributed by atoms with Crippen LogP contribution in [0.25, 0.3) is 0 Å². The maximum Gasteiger partial charge on any atom is 0.282 e. The molecule has 3 rings (SSSR count). The van der Waals surface area contributed by atoms with E-state index >= 15 is 0 Å². The number of nitro benzene ring substituents is 1. The molecule has 2 aromatic rings. The normalized spacial score (nSPS) is 12.7. The number of hydrogen-bond donors (Lipinski definition) is 1. The van der Waals surface area contributed by atoms with Gasteiger partial charge in [0.05, 0.1) is 17.0 Å². The molecule has 0 radical (unpaired) electrons. The number of nitro groups is 1. The van der Waals surface area contributed by atoms with Crippen molar-refractivity contribution in [2.75, 3.05) is 19.7 Å². The molecule has 0 fully saturated rings. The molecular formula is C18H14ClN3O6. The van der Waals surface area contributed by atoms with Gasteiger partial charge in [0, 0.05) is 11.1 Å². The zero-order valence-electron chi connectivity index (χ0n) is 14.4. The molecule has 10 heteroatoms. The van der Waals surface area contributed by atoms with Crippen LogP contribution in [0.5, 0.6) is 5.75 Å². The van der Waals surface area contributed by atoms with Crippen LogP contribution >= 0.6 is 11.6 Å². The monoisotopic (exact) mass is 403 g/mol. The molecule has 2 aromatic carbocycles. The van der Waals surface area contributed by atoms with Crippen LogP contribution in [0.15, 0.2) is 42.5 Å². The standard InChI is InChI=1S/C18H14ClN3O6/c19-11-4-6-12(7-5-11)28-9-8-20-15(23)10-21-17(24)13-2-1-3-14(22(26)27)16(13)18(21)25/h1-7H,8-10H2,(H,20,23). The Bertz CT molecular complexity index is 960. The Morgan fingerprint density at radius 1 is 1.14 bits per heavy atom. The van der Waals surface area contributed by atoms with E-state index in [0.717, 1.165) is 6.07 Å². The summed E-state index contributed by atoms with van der Waals surface area (Å²) in [5.41, 5.74) is -0.843. The van der Waals surface area contributed by atoms with Crippen molar-refractivity contribution in [1.29, 1.82) is 0 Å². The van der Waals surface area contributed by atoms with Gasteiger partial charge >= 0.3 is 0 Å². The summed E-state index contributed by atoms with van der Waals surface area (Å²) in [7, 11) is 0. The fourth-order valence-corrected chi connectivity index (χ4v) is 2.83. The van der Waals surface area contributed by atoms with Crippen molar-refractivity contribution in [2.45, 2.75) is 0 Å². The van der Waals surface area contributed by atoms with E-state index in [4.69, 9.17) is 16.3 Å². The number of carbonyl (C=O) groups is 3. The number of nitrogens with zero attached hydrogens (tertiary/aromatic N) is 2. The number of nitrogens with one attached hydrogen (secondary N) is 1. The predicted octanol–water partition coefficient (Wildman–Crippen LogP) is 2.04. The van der Waals surface area contributed by atoms with Crippen LogP contribution < -0.4 is 10.1 Å². The van der Waals surface area contributed by atoms with E-state index in [0.29, 0.717) is 15.7 Å². The highest BCUT2D eigenvalue weighted by Gasteiger charge is 2.41. The Morgan fingerprint density at radius 3 is 2.54 bits per heavy atom. The number of amides is 3. The highest BCUT2D eigenvalue weighted by atomic mass is 35.5. The minimum Gasteiger partial charge on any atom is -0.492 e. The quantitative estimate of drug-likeness (QED) is 0.327. The second-order valence-corrected chi connectivity index (χ2v) is 6.24. The number of ether oxygens (including phenoxy) is 1. The first kappa shape index (κ1) is 19.3. The number of hydrogen-bond acceptors (Lipinski definition) is 6. The van der Waals surface area contributed by atoms with Crippen molar-refractivity contribution >= 4 is 35.0 Å². The number of benzene rings is 2. The lowest BCUT2D eigenvalue weighted by atomic mass is 10.1. The topological polar surface area (TPSA) is 119 Å². The second kappa shape index (κ2) is 8.05. The predicted molar refractivity (Wildman–Crippen MR) is 98.4 cm³/mol. The number of carbonyl (C=O) groups excluding carboxylic acids is 3. The molecule has 0 atom stereocenters. The molecule has 0 bridgehead atoms. The Morgan fingerprint density at radius 2 is 1.86 bits per heavy atom. The van der Waals surface area contributed by atoms with Gasteiger partial charge in [-0.25, -0.2) is 0 Å². The summed E-state index contributed by atoms with van der Waals surface area (Å²) in [6.45, 7) is -0.226. The van der Waals surface area contributed by atoms with Gasteiger partial charge < -0.3 is 10.1 Å². The molecule has 0 aromatic heterocycles. The molecule has 1 aliphatic rings. The lowest BCUT2D eigenvalue weighted by Crippen LogP contribution is -2.41. The van der Waals surface area contributed by atoms with Gasteiger partial charge in [0.1, 0.15) is 24.5 Å². The highest BCUT2D eigenvalue weighted by molar-refractivity contribution is 6.30. The molecule has 0 saturated heterocycles. The number of rotatable bonds is 7. The smallest absolute Gasteiger partial charge is 0.282 e. The van der Waals surface area contributed by atoms with Crippen LogP contribution in [-0.2, 0) is 4.79 Å². The van der Waals surface area contributed by atoms with E-state index in [1.54, 1.807) is 24.3 Å². The van der Waals surface area contributed by atoms with Gasteiger partial charge in [-0.15, -0.1) is 0 Å². The van der Waals surface area contributed by atoms with Crippen molar-refractivity contribution in [1.82, 2.24) is 10.2 Å². The average molecular weight is 404 g/mol. The molecule has 0 aliphatic carbocycles. The first-order chi connectivity index (χ1) is 13.4. The lowest BCUT2D eigenvalue weighted by molar-refractivity contribution is -0.385. The van der Waals surface area contributed by atoms with Crippen molar-refractivity contribution in [2.24, 2.45) is 0 Å². The van der Waals surface area contributed by atoms with Crippen molar-refractivity contribution in [3.05, 3.63) is 68.7 Å². The fraction of sp³-hybridized carbons (Fsp3) is 0.167. The SMILES string of the molecule is O=C(CN1C(=O)c2cccc([N+](=O)[O-])c2C1=O)NCCOc1ccc(Cl)cc1. The van der Waals surface area contributed by atoms with Gasteiger partial charge in [-0.1, -0.05) is 17.7 Å². The van der Waals surface area contributed by atoms with Crippen molar-refractivity contribution in [3.63, 3.8) is 0 Å². The number of halogens is 1. The molecular weight excluding hydrogens is 390 g/mol.